The van der Waals surface area contributed by atoms with Crippen molar-refractivity contribution in [2.45, 2.75) is 0 Å². The molecule has 0 unspecified atom stereocenters. The van der Waals surface area contributed by atoms with Gasteiger partial charge in [0.15, 0.2) is 0 Å². The normalized spacial score (nSPS) is 10.8. The molecular weight excluding hydrogens is 278 g/mol. The van der Waals surface area contributed by atoms with Gasteiger partial charge in [-0.3, -0.25) is 9.27 Å². The predicted octanol–water partition coefficient (Wildman–Crippen LogP) is 2.05. The van der Waals surface area contributed by atoms with Gasteiger partial charge in [0.25, 0.3) is 0 Å². The van der Waals surface area contributed by atoms with Gasteiger partial charge in [0.2, 0.25) is 0 Å². The first-order valence-electron chi connectivity index (χ1n) is 4.29. The topological polar surface area (TPSA) is 66.4 Å². The molecule has 2 aromatic rings. The molecule has 0 atom stereocenters. The Morgan fingerprint density at radius 3 is 2.31 bits per heavy atom. The number of hydrogen-bond donors (Lipinski definition) is 2. The SMILES string of the molecule is O=S(=O)(O)Nc1cccc2ccccc12.[Cu]. The van der Waals surface area contributed by atoms with Crippen LogP contribution < -0.4 is 4.72 Å². The second-order valence-corrected chi connectivity index (χ2v) is 4.26. The molecule has 0 aliphatic carbocycles. The van der Waals surface area contributed by atoms with Crippen LogP contribution in [0.25, 0.3) is 10.8 Å². The second kappa shape index (κ2) is 4.84. The summed E-state index contributed by atoms with van der Waals surface area (Å²) in [6, 6.07) is 12.5. The molecule has 0 aliphatic heterocycles. The molecule has 0 heterocycles. The first kappa shape index (κ1) is 13.0. The Morgan fingerprint density at radius 2 is 1.62 bits per heavy atom. The number of rotatable bonds is 2. The predicted molar refractivity (Wildman–Crippen MR) is 59.1 cm³/mol. The Labute approximate surface area is 104 Å². The second-order valence-electron chi connectivity index (χ2n) is 3.10. The Hall–Kier alpha value is -1.07. The maximum atomic E-state index is 10.7. The molecule has 4 nitrogen and oxygen atoms in total. The molecule has 0 spiro atoms. The molecule has 16 heavy (non-hydrogen) atoms. The van der Waals surface area contributed by atoms with E-state index >= 15 is 0 Å². The van der Waals surface area contributed by atoms with Crippen LogP contribution in [0, 0.1) is 0 Å². The number of hydrogen-bond acceptors (Lipinski definition) is 2. The molecule has 0 saturated carbocycles. The number of benzene rings is 2. The van der Waals surface area contributed by atoms with Crippen molar-refractivity contribution in [3.8, 4) is 0 Å². The summed E-state index contributed by atoms with van der Waals surface area (Å²) < 4.78 is 32.1. The van der Waals surface area contributed by atoms with Gasteiger partial charge < -0.3 is 0 Å². The fourth-order valence-corrected chi connectivity index (χ4v) is 1.91. The van der Waals surface area contributed by atoms with Crippen molar-refractivity contribution in [1.29, 1.82) is 0 Å². The van der Waals surface area contributed by atoms with Crippen LogP contribution in [0.2, 0.25) is 0 Å². The zero-order chi connectivity index (χ0) is 10.9. The maximum Gasteiger partial charge on any atom is 0.357 e. The molecule has 2 aromatic carbocycles. The van der Waals surface area contributed by atoms with Crippen molar-refractivity contribution in [3.05, 3.63) is 42.5 Å². The summed E-state index contributed by atoms with van der Waals surface area (Å²) in [4.78, 5) is 0. The fraction of sp³-hybridized carbons (Fsp3) is 0. The molecule has 2 N–H and O–H groups in total. The van der Waals surface area contributed by atoms with E-state index in [0.29, 0.717) is 5.69 Å². The Morgan fingerprint density at radius 1 is 1.00 bits per heavy atom. The summed E-state index contributed by atoms with van der Waals surface area (Å²) >= 11 is 0. The van der Waals surface area contributed by atoms with Crippen LogP contribution in [-0.4, -0.2) is 13.0 Å². The van der Waals surface area contributed by atoms with E-state index in [1.807, 2.05) is 18.2 Å². The Balaban J connectivity index is 0.00000128. The number of fused-ring (bicyclic) bond motifs is 1. The molecule has 0 fully saturated rings. The third-order valence-corrected chi connectivity index (χ3v) is 2.51. The van der Waals surface area contributed by atoms with Gasteiger partial charge in [-0.15, -0.1) is 0 Å². The molecule has 2 rings (SSSR count). The van der Waals surface area contributed by atoms with Crippen molar-refractivity contribution in [2.75, 3.05) is 4.72 Å². The van der Waals surface area contributed by atoms with E-state index in [4.69, 9.17) is 4.55 Å². The van der Waals surface area contributed by atoms with Gasteiger partial charge in [-0.1, -0.05) is 36.4 Å². The summed E-state index contributed by atoms with van der Waals surface area (Å²) in [5.74, 6) is 0. The minimum atomic E-state index is -4.22. The van der Waals surface area contributed by atoms with Crippen molar-refractivity contribution in [1.82, 2.24) is 0 Å². The molecule has 6 heteroatoms. The minimum Gasteiger partial charge on any atom is -0.269 e. The first-order valence-corrected chi connectivity index (χ1v) is 5.73. The summed E-state index contributed by atoms with van der Waals surface area (Å²) in [6.45, 7) is 0. The van der Waals surface area contributed by atoms with E-state index < -0.39 is 10.3 Å². The Bertz CT molecular complexity index is 593. The van der Waals surface area contributed by atoms with E-state index in [0.717, 1.165) is 10.8 Å². The minimum absolute atomic E-state index is 0. The van der Waals surface area contributed by atoms with Crippen LogP contribution in [-0.2, 0) is 27.4 Å². The fourth-order valence-electron chi connectivity index (χ4n) is 1.45. The van der Waals surface area contributed by atoms with E-state index in [1.165, 1.54) is 0 Å². The quantitative estimate of drug-likeness (QED) is 0.656. The molecule has 1 radical (unpaired) electrons. The van der Waals surface area contributed by atoms with Crippen molar-refractivity contribution >= 4 is 26.8 Å². The maximum absolute atomic E-state index is 10.7. The van der Waals surface area contributed by atoms with Crippen molar-refractivity contribution in [3.63, 3.8) is 0 Å². The van der Waals surface area contributed by atoms with Crippen LogP contribution >= 0.6 is 0 Å². The van der Waals surface area contributed by atoms with E-state index in [2.05, 4.69) is 4.72 Å². The van der Waals surface area contributed by atoms with E-state index in [-0.39, 0.29) is 17.1 Å². The number of nitrogens with one attached hydrogen (secondary N) is 1. The monoisotopic (exact) mass is 286 g/mol. The smallest absolute Gasteiger partial charge is 0.269 e. The van der Waals surface area contributed by atoms with E-state index in [9.17, 15) is 8.42 Å². The average molecular weight is 287 g/mol. The van der Waals surface area contributed by atoms with Gasteiger partial charge in [-0.05, 0) is 11.5 Å². The average Bonchev–Trinajstić information content (AvgIpc) is 2.16. The zero-order valence-corrected chi connectivity index (χ0v) is 9.77. The van der Waals surface area contributed by atoms with Gasteiger partial charge in [-0.25, -0.2) is 0 Å². The summed E-state index contributed by atoms with van der Waals surface area (Å²) in [7, 11) is -4.22. The molecule has 89 valence electrons. The van der Waals surface area contributed by atoms with Crippen LogP contribution in [0.15, 0.2) is 42.5 Å². The third kappa shape index (κ3) is 2.96. The molecule has 0 saturated heterocycles. The Kier molecular flexibility index (Phi) is 3.93. The largest absolute Gasteiger partial charge is 0.357 e. The molecule has 0 bridgehead atoms. The van der Waals surface area contributed by atoms with Crippen molar-refractivity contribution < 1.29 is 30.0 Å². The van der Waals surface area contributed by atoms with Crippen molar-refractivity contribution in [2.24, 2.45) is 0 Å². The van der Waals surface area contributed by atoms with Gasteiger partial charge in [0, 0.05) is 22.5 Å². The van der Waals surface area contributed by atoms with Crippen LogP contribution in [0.5, 0.6) is 0 Å². The number of anilines is 1. The molecule has 0 aliphatic rings. The van der Waals surface area contributed by atoms with Crippen LogP contribution in [0.1, 0.15) is 0 Å². The van der Waals surface area contributed by atoms with Gasteiger partial charge in [0.05, 0.1) is 5.69 Å². The van der Waals surface area contributed by atoms with E-state index in [1.54, 1.807) is 24.3 Å². The molecule has 0 amide bonds. The summed E-state index contributed by atoms with van der Waals surface area (Å²) in [6.07, 6.45) is 0. The standard InChI is InChI=1S/C10H9NO3S.Cu/c12-15(13,14)11-10-7-3-5-8-4-1-2-6-9(8)10;/h1-7,11H,(H,12,13,14);. The van der Waals surface area contributed by atoms with Gasteiger partial charge in [0.1, 0.15) is 0 Å². The summed E-state index contributed by atoms with van der Waals surface area (Å²) in [5.41, 5.74) is 0.371. The van der Waals surface area contributed by atoms with Gasteiger partial charge in [-0.2, -0.15) is 8.42 Å². The first-order chi connectivity index (χ1) is 7.06. The van der Waals surface area contributed by atoms with Crippen LogP contribution in [0.3, 0.4) is 0 Å². The zero-order valence-electron chi connectivity index (χ0n) is 8.01. The molecular formula is C10H9CuNO3S. The summed E-state index contributed by atoms with van der Waals surface area (Å²) in [5, 5.41) is 1.66. The van der Waals surface area contributed by atoms with Crippen LogP contribution in [0.4, 0.5) is 5.69 Å². The third-order valence-electron chi connectivity index (χ3n) is 2.03. The van der Waals surface area contributed by atoms with Gasteiger partial charge >= 0.3 is 10.3 Å². The molecule has 0 aromatic heterocycles.